The van der Waals surface area contributed by atoms with Crippen LogP contribution in [0, 0.1) is 13.8 Å². The summed E-state index contributed by atoms with van der Waals surface area (Å²) >= 11 is 0. The van der Waals surface area contributed by atoms with Crippen molar-refractivity contribution >= 4 is 16.9 Å². The van der Waals surface area contributed by atoms with Gasteiger partial charge in [0.1, 0.15) is 11.3 Å². The molecule has 5 rings (SSSR count). The smallest absolute Gasteiger partial charge is 0.205 e. The standard InChI is InChI=1S/C24H24N8/c1-4-21-27-22-14(2)11-15(3)26-24(22)32(21)13-16-5-7-17(8-6-16)20-12-18(25)9-10-19(20)23-28-30-31-29-23/h5-12H,4,13,25H2,1-3H3,(H,28,29,30,31). The summed E-state index contributed by atoms with van der Waals surface area (Å²) in [4.78, 5) is 9.63. The number of hydrogen-bond donors (Lipinski definition) is 2. The maximum Gasteiger partial charge on any atom is 0.205 e. The van der Waals surface area contributed by atoms with Crippen LogP contribution >= 0.6 is 0 Å². The van der Waals surface area contributed by atoms with Crippen LogP contribution in [0.1, 0.15) is 29.6 Å². The van der Waals surface area contributed by atoms with E-state index in [0.717, 1.165) is 51.4 Å². The lowest BCUT2D eigenvalue weighted by molar-refractivity contribution is 0.745. The van der Waals surface area contributed by atoms with E-state index in [-0.39, 0.29) is 0 Å². The molecule has 0 aliphatic heterocycles. The topological polar surface area (TPSA) is 111 Å². The number of nitrogens with one attached hydrogen (secondary N) is 1. The van der Waals surface area contributed by atoms with Gasteiger partial charge in [0.15, 0.2) is 5.65 Å². The second-order valence-corrected chi connectivity index (χ2v) is 7.96. The fourth-order valence-electron chi connectivity index (χ4n) is 4.13. The molecule has 0 aliphatic rings. The summed E-state index contributed by atoms with van der Waals surface area (Å²) in [6, 6.07) is 16.3. The molecular weight excluding hydrogens is 400 g/mol. The maximum absolute atomic E-state index is 6.07. The molecule has 2 aromatic carbocycles. The van der Waals surface area contributed by atoms with Crippen molar-refractivity contribution < 1.29 is 0 Å². The highest BCUT2D eigenvalue weighted by Crippen LogP contribution is 2.32. The molecule has 0 saturated heterocycles. The summed E-state index contributed by atoms with van der Waals surface area (Å²) in [6.45, 7) is 6.96. The van der Waals surface area contributed by atoms with Crippen LogP contribution in [0.25, 0.3) is 33.7 Å². The third-order valence-electron chi connectivity index (χ3n) is 5.65. The summed E-state index contributed by atoms with van der Waals surface area (Å²) in [5.74, 6) is 1.58. The van der Waals surface area contributed by atoms with E-state index < -0.39 is 0 Å². The van der Waals surface area contributed by atoms with Gasteiger partial charge in [-0.15, -0.1) is 10.2 Å². The minimum Gasteiger partial charge on any atom is -0.399 e. The number of anilines is 1. The first-order valence-corrected chi connectivity index (χ1v) is 10.6. The molecule has 3 heterocycles. The van der Waals surface area contributed by atoms with E-state index in [4.69, 9.17) is 15.7 Å². The monoisotopic (exact) mass is 424 g/mol. The Hall–Kier alpha value is -4.07. The molecule has 160 valence electrons. The number of nitrogens with zero attached hydrogens (tertiary/aromatic N) is 6. The average Bonchev–Trinajstić information content (AvgIpc) is 3.43. The highest BCUT2D eigenvalue weighted by Gasteiger charge is 2.15. The Bertz CT molecular complexity index is 1400. The third-order valence-corrected chi connectivity index (χ3v) is 5.65. The fraction of sp³-hybridized carbons (Fsp3) is 0.208. The second kappa shape index (κ2) is 7.88. The minimum absolute atomic E-state index is 0.540. The molecule has 0 fully saturated rings. The van der Waals surface area contributed by atoms with Crippen LogP contribution in [0.15, 0.2) is 48.5 Å². The molecule has 0 bridgehead atoms. The van der Waals surface area contributed by atoms with E-state index in [0.29, 0.717) is 18.1 Å². The molecule has 5 aromatic rings. The van der Waals surface area contributed by atoms with Crippen molar-refractivity contribution in [2.75, 3.05) is 5.73 Å². The molecule has 0 unspecified atom stereocenters. The molecule has 8 nitrogen and oxygen atoms in total. The Kier molecular flexibility index (Phi) is 4.89. The number of aromatic nitrogens is 7. The first-order valence-electron chi connectivity index (χ1n) is 10.6. The molecule has 0 aliphatic carbocycles. The van der Waals surface area contributed by atoms with Crippen LogP contribution < -0.4 is 5.73 Å². The number of nitrogen functional groups attached to an aromatic ring is 1. The number of imidazole rings is 1. The van der Waals surface area contributed by atoms with Crippen molar-refractivity contribution in [3.63, 3.8) is 0 Å². The van der Waals surface area contributed by atoms with E-state index >= 15 is 0 Å². The Morgan fingerprint density at radius 2 is 1.78 bits per heavy atom. The minimum atomic E-state index is 0.540. The van der Waals surface area contributed by atoms with Gasteiger partial charge in [-0.25, -0.2) is 9.97 Å². The lowest BCUT2D eigenvalue weighted by Crippen LogP contribution is -2.05. The van der Waals surface area contributed by atoms with Crippen molar-refractivity contribution in [2.24, 2.45) is 0 Å². The zero-order valence-electron chi connectivity index (χ0n) is 18.3. The number of tetrazole rings is 1. The quantitative estimate of drug-likeness (QED) is 0.411. The van der Waals surface area contributed by atoms with Crippen LogP contribution in [0.5, 0.6) is 0 Å². The van der Waals surface area contributed by atoms with Crippen molar-refractivity contribution in [1.82, 2.24) is 35.2 Å². The second-order valence-electron chi connectivity index (χ2n) is 7.96. The normalized spacial score (nSPS) is 11.3. The average molecular weight is 425 g/mol. The molecule has 3 aromatic heterocycles. The fourth-order valence-corrected chi connectivity index (χ4v) is 4.13. The summed E-state index contributed by atoms with van der Waals surface area (Å²) in [5.41, 5.74) is 14.9. The lowest BCUT2D eigenvalue weighted by atomic mass is 9.97. The van der Waals surface area contributed by atoms with Gasteiger partial charge in [-0.2, -0.15) is 5.21 Å². The first kappa shape index (κ1) is 19.9. The number of rotatable bonds is 5. The van der Waals surface area contributed by atoms with Gasteiger partial charge in [-0.3, -0.25) is 0 Å². The Balaban J connectivity index is 1.52. The predicted octanol–water partition coefficient (Wildman–Crippen LogP) is 4.09. The van der Waals surface area contributed by atoms with Crippen LogP contribution in [0.4, 0.5) is 5.69 Å². The molecule has 3 N–H and O–H groups in total. The van der Waals surface area contributed by atoms with E-state index in [1.54, 1.807) is 0 Å². The van der Waals surface area contributed by atoms with E-state index in [2.05, 4.69) is 69.4 Å². The van der Waals surface area contributed by atoms with E-state index in [1.807, 2.05) is 25.1 Å². The number of nitrogens with two attached hydrogens (primary N) is 1. The van der Waals surface area contributed by atoms with Gasteiger partial charge < -0.3 is 10.3 Å². The number of aromatic amines is 1. The van der Waals surface area contributed by atoms with Gasteiger partial charge in [-0.1, -0.05) is 31.2 Å². The van der Waals surface area contributed by atoms with Crippen molar-refractivity contribution in [3.05, 3.63) is 71.2 Å². The molecule has 32 heavy (non-hydrogen) atoms. The third kappa shape index (κ3) is 3.49. The van der Waals surface area contributed by atoms with Crippen LogP contribution in [0.2, 0.25) is 0 Å². The SMILES string of the molecule is CCc1nc2c(C)cc(C)nc2n1Cc1ccc(-c2cc(N)ccc2-c2nn[nH]n2)cc1. The first-order chi connectivity index (χ1) is 15.5. The van der Waals surface area contributed by atoms with Crippen molar-refractivity contribution in [3.8, 4) is 22.5 Å². The van der Waals surface area contributed by atoms with E-state index in [9.17, 15) is 0 Å². The molecule has 0 saturated carbocycles. The van der Waals surface area contributed by atoms with Crippen LogP contribution in [0.3, 0.4) is 0 Å². The molecular formula is C24H24N8. The number of aryl methyl sites for hydroxylation is 3. The molecule has 0 radical (unpaired) electrons. The molecule has 0 spiro atoms. The summed E-state index contributed by atoms with van der Waals surface area (Å²) < 4.78 is 2.22. The van der Waals surface area contributed by atoms with Crippen molar-refractivity contribution in [1.29, 1.82) is 0 Å². The van der Waals surface area contributed by atoms with E-state index in [1.165, 1.54) is 5.56 Å². The lowest BCUT2D eigenvalue weighted by Gasteiger charge is -2.11. The van der Waals surface area contributed by atoms with Gasteiger partial charge in [0, 0.05) is 23.4 Å². The highest BCUT2D eigenvalue weighted by molar-refractivity contribution is 5.83. The zero-order valence-corrected chi connectivity index (χ0v) is 18.3. The molecule has 8 heteroatoms. The Morgan fingerprint density at radius 1 is 0.969 bits per heavy atom. The zero-order chi connectivity index (χ0) is 22.2. The van der Waals surface area contributed by atoms with Crippen LogP contribution in [-0.2, 0) is 13.0 Å². The van der Waals surface area contributed by atoms with Crippen LogP contribution in [-0.4, -0.2) is 35.2 Å². The van der Waals surface area contributed by atoms with Gasteiger partial charge in [-0.05, 0) is 65.6 Å². The number of benzene rings is 2. The van der Waals surface area contributed by atoms with Crippen molar-refractivity contribution in [2.45, 2.75) is 33.7 Å². The highest BCUT2D eigenvalue weighted by atomic mass is 15.5. The van der Waals surface area contributed by atoms with Gasteiger partial charge in [0.2, 0.25) is 5.82 Å². The summed E-state index contributed by atoms with van der Waals surface area (Å²) in [5, 5.41) is 14.4. The van der Waals surface area contributed by atoms with Gasteiger partial charge >= 0.3 is 0 Å². The number of H-pyrrole nitrogens is 1. The Morgan fingerprint density at radius 3 is 2.50 bits per heavy atom. The number of hydrogen-bond acceptors (Lipinski definition) is 6. The molecule has 0 amide bonds. The summed E-state index contributed by atoms with van der Waals surface area (Å²) in [7, 11) is 0. The largest absolute Gasteiger partial charge is 0.399 e. The Labute approximate surface area is 185 Å². The summed E-state index contributed by atoms with van der Waals surface area (Å²) in [6.07, 6.45) is 0.851. The maximum atomic E-state index is 6.07. The molecule has 0 atom stereocenters. The number of pyridine rings is 1. The van der Waals surface area contributed by atoms with Gasteiger partial charge in [0.05, 0.1) is 6.54 Å². The number of fused-ring (bicyclic) bond motifs is 1. The predicted molar refractivity (Wildman–Crippen MR) is 125 cm³/mol. The van der Waals surface area contributed by atoms with Gasteiger partial charge in [0.25, 0.3) is 0 Å².